The van der Waals surface area contributed by atoms with E-state index in [4.69, 9.17) is 4.74 Å². The molecule has 1 N–H and O–H groups in total. The van der Waals surface area contributed by atoms with Crippen molar-refractivity contribution in [1.29, 1.82) is 0 Å². The van der Waals surface area contributed by atoms with Gasteiger partial charge in [0.25, 0.3) is 5.91 Å². The van der Waals surface area contributed by atoms with Crippen LogP contribution in [0.1, 0.15) is 19.8 Å². The number of imide groups is 1. The second-order valence-corrected chi connectivity index (χ2v) is 4.06. The summed E-state index contributed by atoms with van der Waals surface area (Å²) in [5.74, 6) is -1.12. The van der Waals surface area contributed by atoms with E-state index in [2.05, 4.69) is 5.32 Å². The highest BCUT2D eigenvalue weighted by molar-refractivity contribution is 6.04. The minimum absolute atomic E-state index is 0.0639. The van der Waals surface area contributed by atoms with Crippen molar-refractivity contribution >= 4 is 17.7 Å². The average Bonchev–Trinajstić information content (AvgIpc) is 2.75. The molecule has 6 nitrogen and oxygen atoms in total. The Kier molecular flexibility index (Phi) is 2.91. The SMILES string of the molecule is CC1C(=O)NC(=O)CN1C(=O)[C@H]1CCCO1. The van der Waals surface area contributed by atoms with Gasteiger partial charge in [0.15, 0.2) is 0 Å². The largest absolute Gasteiger partial charge is 0.368 e. The van der Waals surface area contributed by atoms with E-state index >= 15 is 0 Å². The highest BCUT2D eigenvalue weighted by atomic mass is 16.5. The van der Waals surface area contributed by atoms with Crippen LogP contribution < -0.4 is 5.32 Å². The van der Waals surface area contributed by atoms with Crippen LogP contribution in [0.2, 0.25) is 0 Å². The molecule has 0 aromatic heterocycles. The molecule has 2 fully saturated rings. The molecule has 2 heterocycles. The molecule has 2 atom stereocenters. The summed E-state index contributed by atoms with van der Waals surface area (Å²) >= 11 is 0. The normalized spacial score (nSPS) is 30.4. The Morgan fingerprint density at radius 1 is 1.50 bits per heavy atom. The van der Waals surface area contributed by atoms with Crippen molar-refractivity contribution in [3.05, 3.63) is 0 Å². The summed E-state index contributed by atoms with van der Waals surface area (Å²) in [5.41, 5.74) is 0. The molecule has 2 aliphatic rings. The van der Waals surface area contributed by atoms with Gasteiger partial charge in [0.1, 0.15) is 18.7 Å². The molecule has 0 aliphatic carbocycles. The highest BCUT2D eigenvalue weighted by Gasteiger charge is 2.37. The van der Waals surface area contributed by atoms with Crippen LogP contribution in [0.25, 0.3) is 0 Å². The number of nitrogens with one attached hydrogen (secondary N) is 1. The van der Waals surface area contributed by atoms with Crippen LogP contribution in [0.4, 0.5) is 0 Å². The Hall–Kier alpha value is -1.43. The standard InChI is InChI=1S/C10H14N2O4/c1-6-9(14)11-8(13)5-12(6)10(15)7-3-2-4-16-7/h6-7H,2-5H2,1H3,(H,11,13,14)/t6?,7-/m1/s1. The first-order chi connectivity index (χ1) is 7.59. The number of amides is 3. The Morgan fingerprint density at radius 2 is 2.25 bits per heavy atom. The minimum Gasteiger partial charge on any atom is -0.368 e. The lowest BCUT2D eigenvalue weighted by Gasteiger charge is -2.33. The summed E-state index contributed by atoms with van der Waals surface area (Å²) in [6.45, 7) is 2.11. The molecule has 2 rings (SSSR count). The molecule has 88 valence electrons. The van der Waals surface area contributed by atoms with E-state index in [1.807, 2.05) is 0 Å². The first-order valence-electron chi connectivity index (χ1n) is 5.35. The van der Waals surface area contributed by atoms with Crippen LogP contribution in [0, 0.1) is 0 Å². The highest BCUT2D eigenvalue weighted by Crippen LogP contribution is 2.17. The number of carbonyl (C=O) groups excluding carboxylic acids is 3. The van der Waals surface area contributed by atoms with Crippen molar-refractivity contribution in [3.8, 4) is 0 Å². The van der Waals surface area contributed by atoms with Crippen LogP contribution in [-0.4, -0.2) is 47.9 Å². The molecule has 3 amide bonds. The molecule has 0 spiro atoms. The van der Waals surface area contributed by atoms with E-state index in [0.29, 0.717) is 13.0 Å². The molecule has 0 bridgehead atoms. The van der Waals surface area contributed by atoms with Crippen LogP contribution in [-0.2, 0) is 19.1 Å². The second-order valence-electron chi connectivity index (χ2n) is 4.06. The molecule has 1 unspecified atom stereocenters. The van der Waals surface area contributed by atoms with Gasteiger partial charge in [-0.2, -0.15) is 0 Å². The predicted molar refractivity (Wildman–Crippen MR) is 53.3 cm³/mol. The van der Waals surface area contributed by atoms with Gasteiger partial charge < -0.3 is 9.64 Å². The van der Waals surface area contributed by atoms with Crippen LogP contribution in [0.15, 0.2) is 0 Å². The molecule has 0 saturated carbocycles. The maximum Gasteiger partial charge on any atom is 0.252 e. The summed E-state index contributed by atoms with van der Waals surface area (Å²) in [4.78, 5) is 35.8. The van der Waals surface area contributed by atoms with Gasteiger partial charge in [0.05, 0.1) is 0 Å². The van der Waals surface area contributed by atoms with E-state index in [9.17, 15) is 14.4 Å². The lowest BCUT2D eigenvalue weighted by molar-refractivity contribution is -0.154. The second kappa shape index (κ2) is 4.21. The molecule has 16 heavy (non-hydrogen) atoms. The number of rotatable bonds is 1. The molecule has 0 aromatic carbocycles. The zero-order chi connectivity index (χ0) is 11.7. The number of hydrogen-bond donors (Lipinski definition) is 1. The number of hydrogen-bond acceptors (Lipinski definition) is 4. The van der Waals surface area contributed by atoms with Crippen molar-refractivity contribution in [1.82, 2.24) is 10.2 Å². The van der Waals surface area contributed by atoms with Crippen molar-refractivity contribution in [2.45, 2.75) is 31.9 Å². The third-order valence-electron chi connectivity index (χ3n) is 2.91. The van der Waals surface area contributed by atoms with Crippen molar-refractivity contribution in [2.24, 2.45) is 0 Å². The van der Waals surface area contributed by atoms with Crippen LogP contribution >= 0.6 is 0 Å². The third kappa shape index (κ3) is 1.92. The smallest absolute Gasteiger partial charge is 0.252 e. The Balaban J connectivity index is 2.09. The number of carbonyl (C=O) groups is 3. The molecule has 2 saturated heterocycles. The molecular weight excluding hydrogens is 212 g/mol. The fourth-order valence-electron chi connectivity index (χ4n) is 1.94. The van der Waals surface area contributed by atoms with Gasteiger partial charge in [-0.15, -0.1) is 0 Å². The fourth-order valence-corrected chi connectivity index (χ4v) is 1.94. The molecular formula is C10H14N2O4. The number of piperazine rings is 1. The van der Waals surface area contributed by atoms with Crippen LogP contribution in [0.5, 0.6) is 0 Å². The van der Waals surface area contributed by atoms with Gasteiger partial charge in [-0.25, -0.2) is 0 Å². The Bertz CT molecular complexity index is 336. The predicted octanol–water partition coefficient (Wildman–Crippen LogP) is -0.961. The first-order valence-corrected chi connectivity index (χ1v) is 5.35. The van der Waals surface area contributed by atoms with E-state index in [0.717, 1.165) is 6.42 Å². The van der Waals surface area contributed by atoms with Crippen molar-refractivity contribution in [3.63, 3.8) is 0 Å². The van der Waals surface area contributed by atoms with Crippen molar-refractivity contribution in [2.75, 3.05) is 13.2 Å². The topological polar surface area (TPSA) is 75.7 Å². The maximum atomic E-state index is 12.0. The Morgan fingerprint density at radius 3 is 2.88 bits per heavy atom. The summed E-state index contributed by atoms with van der Waals surface area (Å²) in [6.07, 6.45) is 1.03. The quantitative estimate of drug-likeness (QED) is 0.584. The van der Waals surface area contributed by atoms with E-state index < -0.39 is 24.0 Å². The monoisotopic (exact) mass is 226 g/mol. The first kappa shape index (κ1) is 11.1. The lowest BCUT2D eigenvalue weighted by Crippen LogP contribution is -2.60. The molecule has 0 radical (unpaired) electrons. The van der Waals surface area contributed by atoms with Crippen molar-refractivity contribution < 1.29 is 19.1 Å². The van der Waals surface area contributed by atoms with E-state index in [1.54, 1.807) is 6.92 Å². The third-order valence-corrected chi connectivity index (χ3v) is 2.91. The summed E-state index contributed by atoms with van der Waals surface area (Å²) < 4.78 is 5.25. The van der Waals surface area contributed by atoms with Gasteiger partial charge in [0.2, 0.25) is 11.8 Å². The van der Waals surface area contributed by atoms with Crippen LogP contribution in [0.3, 0.4) is 0 Å². The van der Waals surface area contributed by atoms with Gasteiger partial charge in [-0.3, -0.25) is 19.7 Å². The average molecular weight is 226 g/mol. The molecule has 6 heteroatoms. The minimum atomic E-state index is -0.602. The number of ether oxygens (including phenoxy) is 1. The summed E-state index contributed by atoms with van der Waals surface area (Å²) in [6, 6.07) is -0.602. The van der Waals surface area contributed by atoms with E-state index in [1.165, 1.54) is 4.90 Å². The molecule has 0 aromatic rings. The molecule has 2 aliphatic heterocycles. The number of nitrogens with zero attached hydrogens (tertiary/aromatic N) is 1. The van der Waals surface area contributed by atoms with Gasteiger partial charge in [-0.1, -0.05) is 0 Å². The fraction of sp³-hybridized carbons (Fsp3) is 0.700. The summed E-state index contributed by atoms with van der Waals surface area (Å²) in [7, 11) is 0. The lowest BCUT2D eigenvalue weighted by atomic mass is 10.1. The van der Waals surface area contributed by atoms with Gasteiger partial charge in [-0.05, 0) is 19.8 Å². The zero-order valence-corrected chi connectivity index (χ0v) is 9.06. The Labute approximate surface area is 92.9 Å². The zero-order valence-electron chi connectivity index (χ0n) is 9.06. The van der Waals surface area contributed by atoms with Gasteiger partial charge in [0, 0.05) is 6.61 Å². The maximum absolute atomic E-state index is 12.0. The van der Waals surface area contributed by atoms with Gasteiger partial charge >= 0.3 is 0 Å². The van der Waals surface area contributed by atoms with E-state index in [-0.39, 0.29) is 12.5 Å². The summed E-state index contributed by atoms with van der Waals surface area (Å²) in [5, 5.41) is 2.19.